The number of hydrogen-bond acceptors (Lipinski definition) is 2. The van der Waals surface area contributed by atoms with Gasteiger partial charge < -0.3 is 9.88 Å². The Kier molecular flexibility index (Phi) is 4.38. The first-order valence-electron chi connectivity index (χ1n) is 6.51. The maximum absolute atomic E-state index is 8.89. The van der Waals surface area contributed by atoms with Crippen LogP contribution in [0.2, 0.25) is 0 Å². The van der Waals surface area contributed by atoms with Gasteiger partial charge in [-0.1, -0.05) is 24.3 Å². The quantitative estimate of drug-likeness (QED) is 0.832. The molecule has 2 aromatic rings. The first-order chi connectivity index (χ1) is 9.20. The van der Waals surface area contributed by atoms with Crippen molar-refractivity contribution in [3.05, 3.63) is 58.9 Å². The molecule has 1 aromatic carbocycles. The van der Waals surface area contributed by atoms with Crippen LogP contribution >= 0.6 is 0 Å². The molecule has 2 rings (SSSR count). The van der Waals surface area contributed by atoms with Crippen LogP contribution in [0.5, 0.6) is 0 Å². The van der Waals surface area contributed by atoms with Crippen LogP contribution in [0.4, 0.5) is 0 Å². The Hall–Kier alpha value is -2.05. The Morgan fingerprint density at radius 1 is 1.32 bits per heavy atom. The molecule has 3 nitrogen and oxygen atoms in total. The molecule has 1 N–H and O–H groups in total. The highest BCUT2D eigenvalue weighted by Gasteiger charge is 2.02. The molecule has 0 saturated carbocycles. The van der Waals surface area contributed by atoms with Gasteiger partial charge in [0.05, 0.1) is 0 Å². The molecule has 0 aliphatic heterocycles. The summed E-state index contributed by atoms with van der Waals surface area (Å²) in [5.74, 6) is 0. The summed E-state index contributed by atoms with van der Waals surface area (Å²) in [6, 6.07) is 12.6. The Morgan fingerprint density at radius 2 is 2.11 bits per heavy atom. The van der Waals surface area contributed by atoms with E-state index < -0.39 is 0 Å². The molecular formula is C16H19N3. The van der Waals surface area contributed by atoms with Crippen molar-refractivity contribution in [3.63, 3.8) is 0 Å². The maximum Gasteiger partial charge on any atom is 0.120 e. The van der Waals surface area contributed by atoms with E-state index in [0.29, 0.717) is 5.69 Å². The van der Waals surface area contributed by atoms with Crippen LogP contribution < -0.4 is 5.32 Å². The van der Waals surface area contributed by atoms with Crippen molar-refractivity contribution in [1.82, 2.24) is 9.88 Å². The number of nitrogens with one attached hydrogen (secondary N) is 1. The topological polar surface area (TPSA) is 40.8 Å². The Morgan fingerprint density at radius 3 is 2.79 bits per heavy atom. The molecule has 3 heteroatoms. The van der Waals surface area contributed by atoms with E-state index >= 15 is 0 Å². The fourth-order valence-corrected chi connectivity index (χ4v) is 2.19. The summed E-state index contributed by atoms with van der Waals surface area (Å²) >= 11 is 0. The van der Waals surface area contributed by atoms with Crippen LogP contribution in [0.3, 0.4) is 0 Å². The zero-order valence-corrected chi connectivity index (χ0v) is 11.5. The van der Waals surface area contributed by atoms with E-state index in [2.05, 4.69) is 42.6 Å². The van der Waals surface area contributed by atoms with Gasteiger partial charge in [0.1, 0.15) is 11.8 Å². The van der Waals surface area contributed by atoms with E-state index in [4.69, 9.17) is 5.26 Å². The van der Waals surface area contributed by atoms with Crippen molar-refractivity contribution in [3.8, 4) is 6.07 Å². The summed E-state index contributed by atoms with van der Waals surface area (Å²) in [5.41, 5.74) is 4.59. The van der Waals surface area contributed by atoms with Crippen LogP contribution in [0.1, 0.15) is 22.4 Å². The molecule has 0 aliphatic carbocycles. The van der Waals surface area contributed by atoms with Crippen molar-refractivity contribution in [1.29, 1.82) is 5.26 Å². The predicted octanol–water partition coefficient (Wildman–Crippen LogP) is 2.54. The summed E-state index contributed by atoms with van der Waals surface area (Å²) in [6.07, 6.45) is 3.03. The van der Waals surface area contributed by atoms with Crippen molar-refractivity contribution in [2.24, 2.45) is 7.05 Å². The smallest absolute Gasteiger partial charge is 0.120 e. The zero-order valence-electron chi connectivity index (χ0n) is 11.5. The number of nitrogens with zero attached hydrogens (tertiary/aromatic N) is 2. The minimum atomic E-state index is 0.704. The lowest BCUT2D eigenvalue weighted by molar-refractivity contribution is 0.684. The molecule has 0 radical (unpaired) electrons. The summed E-state index contributed by atoms with van der Waals surface area (Å²) in [5, 5.41) is 12.3. The maximum atomic E-state index is 8.89. The molecule has 19 heavy (non-hydrogen) atoms. The Labute approximate surface area is 114 Å². The molecule has 0 bridgehead atoms. The minimum Gasteiger partial charge on any atom is -0.342 e. The lowest BCUT2D eigenvalue weighted by Crippen LogP contribution is -2.16. The molecule has 1 aromatic heterocycles. The van der Waals surface area contributed by atoms with Crippen molar-refractivity contribution < 1.29 is 0 Å². The lowest BCUT2D eigenvalue weighted by Gasteiger charge is -2.06. The van der Waals surface area contributed by atoms with Crippen LogP contribution in [0.15, 0.2) is 36.5 Å². The van der Waals surface area contributed by atoms with E-state index in [1.165, 1.54) is 11.1 Å². The number of benzene rings is 1. The average molecular weight is 253 g/mol. The van der Waals surface area contributed by atoms with Gasteiger partial charge in [0.15, 0.2) is 0 Å². The second kappa shape index (κ2) is 6.21. The highest BCUT2D eigenvalue weighted by molar-refractivity contribution is 5.28. The van der Waals surface area contributed by atoms with Crippen molar-refractivity contribution >= 4 is 0 Å². The summed E-state index contributed by atoms with van der Waals surface area (Å²) in [4.78, 5) is 0. The summed E-state index contributed by atoms with van der Waals surface area (Å²) < 4.78 is 1.86. The second-order valence-electron chi connectivity index (χ2n) is 4.81. The van der Waals surface area contributed by atoms with Gasteiger partial charge in [0.2, 0.25) is 0 Å². The highest BCUT2D eigenvalue weighted by Crippen LogP contribution is 2.08. The fraction of sp³-hybridized carbons (Fsp3) is 0.312. The monoisotopic (exact) mass is 253 g/mol. The lowest BCUT2D eigenvalue weighted by atomic mass is 10.1. The number of nitriles is 1. The number of aryl methyl sites for hydroxylation is 2. The second-order valence-corrected chi connectivity index (χ2v) is 4.81. The first-order valence-corrected chi connectivity index (χ1v) is 6.51. The SMILES string of the molecule is Cc1ccccc1CCNCc1cc(C#N)n(C)c1. The predicted molar refractivity (Wildman–Crippen MR) is 76.7 cm³/mol. The Balaban J connectivity index is 1.81. The molecule has 0 amide bonds. The van der Waals surface area contributed by atoms with Gasteiger partial charge in [0.25, 0.3) is 0 Å². The van der Waals surface area contributed by atoms with E-state index in [1.54, 1.807) is 0 Å². The molecule has 0 atom stereocenters. The minimum absolute atomic E-state index is 0.704. The first kappa shape index (κ1) is 13.4. The normalized spacial score (nSPS) is 10.4. The van der Waals surface area contributed by atoms with E-state index in [-0.39, 0.29) is 0 Å². The molecule has 0 aliphatic rings. The van der Waals surface area contributed by atoms with Gasteiger partial charge in [0, 0.05) is 19.8 Å². The van der Waals surface area contributed by atoms with Gasteiger partial charge in [-0.05, 0) is 42.6 Å². The van der Waals surface area contributed by atoms with Crippen LogP contribution in [0.25, 0.3) is 0 Å². The third-order valence-electron chi connectivity index (χ3n) is 3.34. The number of hydrogen-bond donors (Lipinski definition) is 1. The third kappa shape index (κ3) is 3.46. The van der Waals surface area contributed by atoms with Crippen LogP contribution in [-0.2, 0) is 20.0 Å². The largest absolute Gasteiger partial charge is 0.342 e. The molecule has 0 spiro atoms. The average Bonchev–Trinajstić information content (AvgIpc) is 2.77. The van der Waals surface area contributed by atoms with E-state index in [0.717, 1.165) is 25.1 Å². The number of rotatable bonds is 5. The third-order valence-corrected chi connectivity index (χ3v) is 3.34. The van der Waals surface area contributed by atoms with Gasteiger partial charge in [-0.15, -0.1) is 0 Å². The molecule has 1 heterocycles. The Bertz CT molecular complexity index is 590. The van der Waals surface area contributed by atoms with Gasteiger partial charge in [-0.3, -0.25) is 0 Å². The molecule has 0 fully saturated rings. The standard InChI is InChI=1S/C16H19N3/c1-13-5-3-4-6-15(13)7-8-18-11-14-9-16(10-17)19(2)12-14/h3-6,9,12,18H,7-8,11H2,1-2H3. The van der Waals surface area contributed by atoms with E-state index in [9.17, 15) is 0 Å². The van der Waals surface area contributed by atoms with Gasteiger partial charge >= 0.3 is 0 Å². The highest BCUT2D eigenvalue weighted by atomic mass is 14.9. The zero-order chi connectivity index (χ0) is 13.7. The van der Waals surface area contributed by atoms with Gasteiger partial charge in [-0.25, -0.2) is 0 Å². The molecular weight excluding hydrogens is 234 g/mol. The van der Waals surface area contributed by atoms with Crippen molar-refractivity contribution in [2.75, 3.05) is 6.54 Å². The fourth-order valence-electron chi connectivity index (χ4n) is 2.19. The summed E-state index contributed by atoms with van der Waals surface area (Å²) in [7, 11) is 1.90. The molecule has 0 saturated heterocycles. The molecule has 98 valence electrons. The number of aromatic nitrogens is 1. The summed E-state index contributed by atoms with van der Waals surface area (Å²) in [6.45, 7) is 3.90. The molecule has 0 unspecified atom stereocenters. The van der Waals surface area contributed by atoms with Crippen molar-refractivity contribution in [2.45, 2.75) is 19.9 Å². The van der Waals surface area contributed by atoms with E-state index in [1.807, 2.05) is 23.9 Å². The van der Waals surface area contributed by atoms with Gasteiger partial charge in [-0.2, -0.15) is 5.26 Å². The van der Waals surface area contributed by atoms with Crippen LogP contribution in [0, 0.1) is 18.3 Å². The van der Waals surface area contributed by atoms with Crippen LogP contribution in [-0.4, -0.2) is 11.1 Å².